The molecule has 1 fully saturated rings. The number of hydrogen-bond acceptors (Lipinski definition) is 4. The van der Waals surface area contributed by atoms with Gasteiger partial charge in [0.15, 0.2) is 5.16 Å². The second-order valence-electron chi connectivity index (χ2n) is 5.13. The van der Waals surface area contributed by atoms with E-state index in [0.29, 0.717) is 17.0 Å². The zero-order valence-electron chi connectivity index (χ0n) is 11.0. The smallest absolute Gasteiger partial charge is 0.286 e. The molecule has 0 saturated heterocycles. The molecule has 0 amide bonds. The van der Waals surface area contributed by atoms with E-state index in [4.69, 9.17) is 0 Å². The second-order valence-corrected chi connectivity index (χ2v) is 5.92. The maximum atomic E-state index is 12.0. The fourth-order valence-corrected chi connectivity index (χ4v) is 2.94. The van der Waals surface area contributed by atoms with Crippen LogP contribution in [0.25, 0.3) is 0 Å². The zero-order valence-corrected chi connectivity index (χ0v) is 11.8. The Morgan fingerprint density at radius 2 is 2.00 bits per heavy atom. The van der Waals surface area contributed by atoms with E-state index in [1.54, 1.807) is 6.26 Å². The molecule has 0 radical (unpaired) electrons. The maximum absolute atomic E-state index is 12.0. The number of H-pyrrole nitrogens is 1. The minimum absolute atomic E-state index is 0.00384. The van der Waals surface area contributed by atoms with Gasteiger partial charge in [-0.1, -0.05) is 25.6 Å². The molecular formula is C12H19N3O2S. The Kier molecular flexibility index (Phi) is 3.94. The van der Waals surface area contributed by atoms with Crippen molar-refractivity contribution in [3.05, 3.63) is 21.0 Å². The highest BCUT2D eigenvalue weighted by atomic mass is 32.2. The van der Waals surface area contributed by atoms with Gasteiger partial charge in [-0.25, -0.2) is 14.2 Å². The highest BCUT2D eigenvalue weighted by molar-refractivity contribution is 7.98. The van der Waals surface area contributed by atoms with Crippen molar-refractivity contribution in [1.82, 2.24) is 14.5 Å². The fraction of sp³-hybridized carbons (Fsp3) is 0.750. The lowest BCUT2D eigenvalue weighted by Crippen LogP contribution is -2.42. The van der Waals surface area contributed by atoms with Crippen LogP contribution in [0.15, 0.2) is 14.7 Å². The molecule has 0 spiro atoms. The van der Waals surface area contributed by atoms with Gasteiger partial charge in [0.25, 0.3) is 0 Å². The molecule has 0 bridgehead atoms. The quantitative estimate of drug-likeness (QED) is 0.829. The summed E-state index contributed by atoms with van der Waals surface area (Å²) in [5.74, 6) is 1.20. The summed E-state index contributed by atoms with van der Waals surface area (Å²) in [7, 11) is 0. The Labute approximate surface area is 110 Å². The summed E-state index contributed by atoms with van der Waals surface area (Å²) in [6.07, 6.45) is 4.60. The predicted octanol–water partition coefficient (Wildman–Crippen LogP) is 1.65. The first-order valence-electron chi connectivity index (χ1n) is 6.29. The monoisotopic (exact) mass is 269 g/mol. The van der Waals surface area contributed by atoms with Crippen LogP contribution in [0.4, 0.5) is 0 Å². The summed E-state index contributed by atoms with van der Waals surface area (Å²) in [5, 5.41) is 0.387. The van der Waals surface area contributed by atoms with Gasteiger partial charge in [0.2, 0.25) is 0 Å². The van der Waals surface area contributed by atoms with Crippen molar-refractivity contribution in [1.29, 1.82) is 0 Å². The lowest BCUT2D eigenvalue weighted by molar-refractivity contribution is 0.201. The van der Waals surface area contributed by atoms with Crippen molar-refractivity contribution >= 4 is 11.8 Å². The van der Waals surface area contributed by atoms with E-state index in [2.05, 4.69) is 23.8 Å². The molecule has 18 heavy (non-hydrogen) atoms. The summed E-state index contributed by atoms with van der Waals surface area (Å²) in [5.41, 5.74) is -0.749. The third-order valence-corrected chi connectivity index (χ3v) is 4.54. The highest BCUT2D eigenvalue weighted by Crippen LogP contribution is 2.34. The van der Waals surface area contributed by atoms with Crippen LogP contribution in [-0.2, 0) is 0 Å². The van der Waals surface area contributed by atoms with Gasteiger partial charge in [-0.15, -0.1) is 0 Å². The fourth-order valence-electron chi connectivity index (χ4n) is 2.58. The molecule has 1 aromatic heterocycles. The summed E-state index contributed by atoms with van der Waals surface area (Å²) in [4.78, 5) is 30.4. The topological polar surface area (TPSA) is 67.8 Å². The van der Waals surface area contributed by atoms with Gasteiger partial charge in [0, 0.05) is 6.04 Å². The molecule has 0 aromatic carbocycles. The summed E-state index contributed by atoms with van der Waals surface area (Å²) < 4.78 is 1.29. The first-order valence-corrected chi connectivity index (χ1v) is 7.52. The van der Waals surface area contributed by atoms with Crippen molar-refractivity contribution in [3.63, 3.8) is 0 Å². The van der Waals surface area contributed by atoms with Crippen LogP contribution in [0, 0.1) is 11.8 Å². The molecule has 1 saturated carbocycles. The van der Waals surface area contributed by atoms with Gasteiger partial charge in [0.1, 0.15) is 0 Å². The number of nitrogens with one attached hydrogen (secondary N) is 1. The summed E-state index contributed by atoms with van der Waals surface area (Å²) in [6, 6.07) is -0.00384. The predicted molar refractivity (Wildman–Crippen MR) is 72.1 cm³/mol. The minimum atomic E-state index is -0.421. The van der Waals surface area contributed by atoms with E-state index in [1.807, 2.05) is 0 Å². The van der Waals surface area contributed by atoms with E-state index in [9.17, 15) is 9.59 Å². The van der Waals surface area contributed by atoms with Crippen LogP contribution in [0.3, 0.4) is 0 Å². The zero-order chi connectivity index (χ0) is 13.3. The lowest BCUT2D eigenvalue weighted by atomic mass is 9.79. The normalized spacial score (nSPS) is 28.3. The van der Waals surface area contributed by atoms with Gasteiger partial charge >= 0.3 is 11.4 Å². The van der Waals surface area contributed by atoms with Gasteiger partial charge in [-0.2, -0.15) is 4.98 Å². The van der Waals surface area contributed by atoms with E-state index < -0.39 is 5.69 Å². The average molecular weight is 269 g/mol. The van der Waals surface area contributed by atoms with E-state index in [0.717, 1.165) is 19.3 Å². The molecule has 3 unspecified atom stereocenters. The van der Waals surface area contributed by atoms with Gasteiger partial charge in [0.05, 0.1) is 0 Å². The Morgan fingerprint density at radius 3 is 2.56 bits per heavy atom. The first kappa shape index (κ1) is 13.4. The number of aromatic amines is 1. The van der Waals surface area contributed by atoms with E-state index in [1.165, 1.54) is 16.3 Å². The molecule has 6 heteroatoms. The van der Waals surface area contributed by atoms with Gasteiger partial charge in [-0.3, -0.25) is 4.98 Å². The van der Waals surface area contributed by atoms with Crippen LogP contribution in [-0.4, -0.2) is 20.8 Å². The molecule has 1 aliphatic rings. The number of thioether (sulfide) groups is 1. The van der Waals surface area contributed by atoms with Crippen molar-refractivity contribution in [2.24, 2.45) is 11.8 Å². The molecule has 5 nitrogen and oxygen atoms in total. The number of hydrogen-bond donors (Lipinski definition) is 1. The number of rotatable bonds is 2. The number of aromatic nitrogens is 3. The third kappa shape index (κ3) is 2.53. The molecular weight excluding hydrogens is 250 g/mol. The molecule has 100 valence electrons. The molecule has 1 N–H and O–H groups in total. The summed E-state index contributed by atoms with van der Waals surface area (Å²) >= 11 is 1.27. The molecule has 2 rings (SSSR count). The lowest BCUT2D eigenvalue weighted by Gasteiger charge is -2.32. The minimum Gasteiger partial charge on any atom is -0.286 e. The SMILES string of the molecule is CSc1nc(=O)n(C2CCC(C)C(C)C2)c(=O)[nH]1. The van der Waals surface area contributed by atoms with Crippen LogP contribution in [0.2, 0.25) is 0 Å². The standard InChI is InChI=1S/C12H19N3O2S/c1-7-4-5-9(6-8(7)2)15-11(16)13-10(18-3)14-12(15)17/h7-9H,4-6H2,1-3H3,(H,13,14,16,17). The van der Waals surface area contributed by atoms with E-state index >= 15 is 0 Å². The molecule has 3 atom stereocenters. The third-order valence-electron chi connectivity index (χ3n) is 3.96. The Hall–Kier alpha value is -1.04. The highest BCUT2D eigenvalue weighted by Gasteiger charge is 2.27. The summed E-state index contributed by atoms with van der Waals surface area (Å²) in [6.45, 7) is 4.41. The largest absolute Gasteiger partial charge is 0.354 e. The Bertz CT molecular complexity index is 506. The van der Waals surface area contributed by atoms with Crippen LogP contribution in [0.5, 0.6) is 0 Å². The van der Waals surface area contributed by atoms with Crippen molar-refractivity contribution in [3.8, 4) is 0 Å². The van der Waals surface area contributed by atoms with E-state index in [-0.39, 0.29) is 11.7 Å². The Balaban J connectivity index is 2.35. The van der Waals surface area contributed by atoms with Gasteiger partial charge < -0.3 is 0 Å². The molecule has 1 aromatic rings. The average Bonchev–Trinajstić information content (AvgIpc) is 2.32. The molecule has 1 aliphatic carbocycles. The van der Waals surface area contributed by atoms with Crippen LogP contribution in [0.1, 0.15) is 39.2 Å². The van der Waals surface area contributed by atoms with Crippen LogP contribution >= 0.6 is 11.8 Å². The van der Waals surface area contributed by atoms with Crippen molar-refractivity contribution < 1.29 is 0 Å². The second kappa shape index (κ2) is 5.30. The van der Waals surface area contributed by atoms with Gasteiger partial charge in [-0.05, 0) is 37.4 Å². The molecule has 0 aliphatic heterocycles. The number of nitrogens with zero attached hydrogens (tertiary/aromatic N) is 2. The van der Waals surface area contributed by atoms with Crippen molar-refractivity contribution in [2.75, 3.05) is 6.26 Å². The first-order chi connectivity index (χ1) is 8.52. The maximum Gasteiger partial charge on any atom is 0.354 e. The van der Waals surface area contributed by atoms with Crippen molar-refractivity contribution in [2.45, 2.75) is 44.3 Å². The molecule has 1 heterocycles. The van der Waals surface area contributed by atoms with Crippen LogP contribution < -0.4 is 11.4 Å². The Morgan fingerprint density at radius 1 is 1.28 bits per heavy atom.